The quantitative estimate of drug-likeness (QED) is 0.0347. The van der Waals surface area contributed by atoms with Gasteiger partial charge in [0.05, 0.1) is 6.04 Å². The Kier molecular flexibility index (Phi) is 17.8. The van der Waals surface area contributed by atoms with Gasteiger partial charge in [0.1, 0.15) is 18.1 Å². The van der Waals surface area contributed by atoms with E-state index in [1.165, 1.54) is 0 Å². The van der Waals surface area contributed by atoms with Gasteiger partial charge in [-0.2, -0.15) is 0 Å². The average Bonchev–Trinajstić information content (AvgIpc) is 2.96. The number of primary amides is 2. The van der Waals surface area contributed by atoms with Crippen LogP contribution in [0.5, 0.6) is 0 Å². The molecule has 0 spiro atoms. The number of aliphatic imine (C=N–C) groups is 2. The van der Waals surface area contributed by atoms with Crippen LogP contribution in [0, 0.1) is 5.92 Å². The van der Waals surface area contributed by atoms with Gasteiger partial charge < -0.3 is 55.7 Å². The minimum absolute atomic E-state index is 0.0633. The zero-order chi connectivity index (χ0) is 33.1. The number of nitrogens with zero attached hydrogens (tertiary/aromatic N) is 2. The number of guanidine groups is 2. The summed E-state index contributed by atoms with van der Waals surface area (Å²) in [7, 11) is 1.59. The third-order valence-electron chi connectivity index (χ3n) is 7.45. The molecule has 0 aromatic rings. The largest absolute Gasteiger partial charge is 0.370 e. The molecule has 0 heterocycles. The van der Waals surface area contributed by atoms with E-state index in [-0.39, 0.29) is 43.6 Å². The molecule has 0 aromatic heterocycles. The topological polar surface area (TPSA) is 314 Å². The lowest BCUT2D eigenvalue weighted by Crippen LogP contribution is -2.58. The van der Waals surface area contributed by atoms with Crippen LogP contribution in [0.3, 0.4) is 0 Å². The van der Waals surface area contributed by atoms with Gasteiger partial charge in [-0.15, -0.1) is 0 Å². The van der Waals surface area contributed by atoms with Gasteiger partial charge in [0, 0.05) is 19.5 Å². The van der Waals surface area contributed by atoms with Crippen molar-refractivity contribution in [3.05, 3.63) is 0 Å². The van der Waals surface area contributed by atoms with Crippen molar-refractivity contribution in [3.63, 3.8) is 0 Å². The number of carbonyl (C=O) groups excluding carboxylic acids is 5. The molecule has 1 aliphatic carbocycles. The van der Waals surface area contributed by atoms with E-state index in [1.54, 1.807) is 7.05 Å². The number of hydrogen-bond donors (Lipinski definition) is 10. The van der Waals surface area contributed by atoms with Crippen LogP contribution in [0.4, 0.5) is 0 Å². The van der Waals surface area contributed by atoms with Gasteiger partial charge in [0.15, 0.2) is 11.9 Å². The van der Waals surface area contributed by atoms with Crippen molar-refractivity contribution in [3.8, 4) is 0 Å². The molecule has 0 aliphatic heterocycles. The Balaban J connectivity index is 3.06. The molecule has 1 fully saturated rings. The molecule has 0 saturated heterocycles. The van der Waals surface area contributed by atoms with E-state index >= 15 is 0 Å². The van der Waals surface area contributed by atoms with Gasteiger partial charge >= 0.3 is 0 Å². The first-order valence-electron chi connectivity index (χ1n) is 15.1. The van der Waals surface area contributed by atoms with Crippen molar-refractivity contribution in [2.75, 3.05) is 20.1 Å². The van der Waals surface area contributed by atoms with Crippen LogP contribution in [0.25, 0.3) is 0 Å². The molecule has 1 aliphatic rings. The lowest BCUT2D eigenvalue weighted by atomic mass is 9.84. The van der Waals surface area contributed by atoms with Crippen molar-refractivity contribution >= 4 is 41.5 Å². The first-order valence-corrected chi connectivity index (χ1v) is 15.1. The predicted octanol–water partition coefficient (Wildman–Crippen LogP) is -3.14. The normalized spacial score (nSPS) is 15.9. The molecule has 16 N–H and O–H groups in total. The summed E-state index contributed by atoms with van der Waals surface area (Å²) in [5.74, 6) is -3.09. The highest BCUT2D eigenvalue weighted by molar-refractivity contribution is 5.94. The van der Waals surface area contributed by atoms with Crippen LogP contribution >= 0.6 is 0 Å². The zero-order valence-electron chi connectivity index (χ0n) is 25.7. The van der Waals surface area contributed by atoms with Gasteiger partial charge in [-0.1, -0.05) is 32.1 Å². The number of carbonyl (C=O) groups is 5. The summed E-state index contributed by atoms with van der Waals surface area (Å²) in [4.78, 5) is 71.5. The highest BCUT2D eigenvalue weighted by Crippen LogP contribution is 2.27. The number of rotatable bonds is 21. The first-order chi connectivity index (χ1) is 20.8. The van der Waals surface area contributed by atoms with Crippen LogP contribution < -0.4 is 55.7 Å². The third-order valence-corrected chi connectivity index (χ3v) is 7.45. The second kappa shape index (κ2) is 20.7. The Morgan fingerprint density at radius 2 is 1.11 bits per heavy atom. The standard InChI is InChI=1S/C27H52N12O5/c1-34-17(9-5-13-35-26(30)31)23(42)38-19(11-12-21(28)40)25(44)37-18(10-6-14-36-27(32)33)24(43)39-20(22(29)41)15-16-7-3-2-4-8-16/h16-20,34H,2-15H2,1H3,(H2,28,40)(H2,29,41)(H,37,44)(H,38,42)(H,39,43)(H4,30,31,35)(H4,32,33,36)/t17-,18-,19-,20-/m0/s1. The van der Waals surface area contributed by atoms with E-state index in [1.807, 2.05) is 0 Å². The first kappa shape index (κ1) is 37.9. The molecule has 0 unspecified atom stereocenters. The Hall–Kier alpha value is -4.15. The van der Waals surface area contributed by atoms with Crippen molar-refractivity contribution in [1.29, 1.82) is 0 Å². The lowest BCUT2D eigenvalue weighted by molar-refractivity contribution is -0.134. The zero-order valence-corrected chi connectivity index (χ0v) is 25.7. The monoisotopic (exact) mass is 624 g/mol. The minimum Gasteiger partial charge on any atom is -0.370 e. The summed E-state index contributed by atoms with van der Waals surface area (Å²) in [5, 5.41) is 10.9. The van der Waals surface area contributed by atoms with Crippen molar-refractivity contribution in [2.24, 2.45) is 50.3 Å². The molecule has 44 heavy (non-hydrogen) atoms. The summed E-state index contributed by atoms with van der Waals surface area (Å²) >= 11 is 0. The molecule has 1 saturated carbocycles. The summed E-state index contributed by atoms with van der Waals surface area (Å²) < 4.78 is 0. The van der Waals surface area contributed by atoms with Crippen LogP contribution in [0.1, 0.15) is 77.0 Å². The SMILES string of the molecule is CN[C@@H](CCCN=C(N)N)C(=O)N[C@@H](CCC(N)=O)C(=O)N[C@@H](CCCN=C(N)N)C(=O)N[C@@H](CC1CCCCC1)C(N)=O. The molecule has 4 atom stereocenters. The maximum Gasteiger partial charge on any atom is 0.243 e. The fourth-order valence-electron chi connectivity index (χ4n) is 5.06. The van der Waals surface area contributed by atoms with E-state index in [4.69, 9.17) is 34.4 Å². The van der Waals surface area contributed by atoms with Crippen molar-refractivity contribution in [2.45, 2.75) is 101 Å². The number of likely N-dealkylation sites (N-methyl/N-ethyl adjacent to an activating group) is 1. The second-order valence-corrected chi connectivity index (χ2v) is 11.1. The number of amides is 5. The van der Waals surface area contributed by atoms with Gasteiger partial charge in [-0.25, -0.2) is 0 Å². The van der Waals surface area contributed by atoms with Gasteiger partial charge in [0.25, 0.3) is 0 Å². The van der Waals surface area contributed by atoms with Crippen LogP contribution in [-0.2, 0) is 24.0 Å². The summed E-state index contributed by atoms with van der Waals surface area (Å²) in [6.07, 6.45) is 6.50. The molecule has 0 aromatic carbocycles. The molecule has 250 valence electrons. The van der Waals surface area contributed by atoms with E-state index in [9.17, 15) is 24.0 Å². The molecule has 0 radical (unpaired) electrons. The van der Waals surface area contributed by atoms with Gasteiger partial charge in [-0.05, 0) is 51.5 Å². The van der Waals surface area contributed by atoms with Crippen LogP contribution in [0.15, 0.2) is 9.98 Å². The summed E-state index contributed by atoms with van der Waals surface area (Å²) in [6, 6.07) is -3.91. The van der Waals surface area contributed by atoms with Crippen molar-refractivity contribution in [1.82, 2.24) is 21.3 Å². The molecule has 5 amide bonds. The predicted molar refractivity (Wildman–Crippen MR) is 167 cm³/mol. The lowest BCUT2D eigenvalue weighted by Gasteiger charge is -2.28. The molecule has 17 nitrogen and oxygen atoms in total. The third kappa shape index (κ3) is 15.9. The maximum absolute atomic E-state index is 13.4. The van der Waals surface area contributed by atoms with Crippen molar-refractivity contribution < 1.29 is 24.0 Å². The molecular formula is C27H52N12O5. The number of nitrogens with one attached hydrogen (secondary N) is 4. The van der Waals surface area contributed by atoms with E-state index < -0.39 is 53.7 Å². The van der Waals surface area contributed by atoms with Gasteiger partial charge in [0.2, 0.25) is 29.5 Å². The summed E-state index contributed by atoms with van der Waals surface area (Å²) in [6.45, 7) is 0.498. The molecule has 0 bridgehead atoms. The second-order valence-electron chi connectivity index (χ2n) is 11.1. The minimum atomic E-state index is -1.19. The molecular weight excluding hydrogens is 572 g/mol. The highest BCUT2D eigenvalue weighted by atomic mass is 16.2. The number of nitrogens with two attached hydrogens (primary N) is 6. The molecule has 1 rings (SSSR count). The van der Waals surface area contributed by atoms with E-state index in [2.05, 4.69) is 31.3 Å². The molecule has 17 heteroatoms. The average molecular weight is 625 g/mol. The van der Waals surface area contributed by atoms with E-state index in [0.29, 0.717) is 32.2 Å². The Labute approximate surface area is 258 Å². The fraction of sp³-hybridized carbons (Fsp3) is 0.741. The Morgan fingerprint density at radius 3 is 1.57 bits per heavy atom. The summed E-state index contributed by atoms with van der Waals surface area (Å²) in [5.41, 5.74) is 32.4. The van der Waals surface area contributed by atoms with Crippen LogP contribution in [-0.4, -0.2) is 85.8 Å². The maximum atomic E-state index is 13.4. The van der Waals surface area contributed by atoms with Crippen LogP contribution in [0.2, 0.25) is 0 Å². The number of hydrogen-bond acceptors (Lipinski definition) is 8. The Morgan fingerprint density at radius 1 is 0.659 bits per heavy atom. The highest BCUT2D eigenvalue weighted by Gasteiger charge is 2.31. The van der Waals surface area contributed by atoms with Gasteiger partial charge in [-0.3, -0.25) is 34.0 Å². The Bertz CT molecular complexity index is 1010. The fourth-order valence-corrected chi connectivity index (χ4v) is 5.06. The smallest absolute Gasteiger partial charge is 0.243 e. The van der Waals surface area contributed by atoms with E-state index in [0.717, 1.165) is 32.1 Å².